The van der Waals surface area contributed by atoms with Gasteiger partial charge in [0.1, 0.15) is 0 Å². The van der Waals surface area contributed by atoms with Crippen LogP contribution < -0.4 is 0 Å². The lowest BCUT2D eigenvalue weighted by molar-refractivity contribution is -0.272. The Hall–Kier alpha value is -1.10. The van der Waals surface area contributed by atoms with Gasteiger partial charge in [0.25, 0.3) is 5.60 Å². The van der Waals surface area contributed by atoms with Gasteiger partial charge in [0.05, 0.1) is 20.3 Å². The second-order valence-electron chi connectivity index (χ2n) is 4.27. The lowest BCUT2D eigenvalue weighted by Crippen LogP contribution is -2.70. The Bertz CT molecular complexity index is 295. The van der Waals surface area contributed by atoms with Gasteiger partial charge in [-0.1, -0.05) is 12.8 Å². The summed E-state index contributed by atoms with van der Waals surface area (Å²) in [6.45, 7) is 0. The van der Waals surface area contributed by atoms with Gasteiger partial charge in [-0.05, 0) is 12.8 Å². The van der Waals surface area contributed by atoms with Crippen LogP contribution in [0.2, 0.25) is 0 Å². The average Bonchev–Trinajstić information content (AvgIpc) is 2.30. The normalized spacial score (nSPS) is 30.9. The van der Waals surface area contributed by atoms with Crippen LogP contribution in [0.5, 0.6) is 0 Å². The van der Waals surface area contributed by atoms with Crippen molar-refractivity contribution in [3.63, 3.8) is 0 Å². The van der Waals surface area contributed by atoms with Crippen LogP contribution in [0.4, 0.5) is 0 Å². The van der Waals surface area contributed by atoms with Crippen LogP contribution in [0.3, 0.4) is 0 Å². The summed E-state index contributed by atoms with van der Waals surface area (Å²) in [4.78, 5) is 23.4. The zero-order valence-corrected chi connectivity index (χ0v) is 9.52. The monoisotopic (exact) mass is 228 g/mol. The van der Waals surface area contributed by atoms with E-state index >= 15 is 0 Å². The quantitative estimate of drug-likeness (QED) is 0.513. The van der Waals surface area contributed by atoms with Crippen molar-refractivity contribution >= 4 is 11.9 Å². The smallest absolute Gasteiger partial charge is 0.350 e. The van der Waals surface area contributed by atoms with Gasteiger partial charge in [-0.15, -0.1) is 0 Å². The molecule has 0 aromatic heterocycles. The van der Waals surface area contributed by atoms with Crippen LogP contribution in [-0.4, -0.2) is 37.9 Å². The molecular weight excluding hydrogens is 212 g/mol. The maximum atomic E-state index is 11.7. The topological polar surface area (TPSA) is 61.8 Å². The predicted octanol–water partition coefficient (Wildman–Crippen LogP) is 0.660. The van der Waals surface area contributed by atoms with E-state index < -0.39 is 17.5 Å². The number of carbonyl (C=O) groups excluding carboxylic acids is 2. The van der Waals surface area contributed by atoms with E-state index in [-0.39, 0.29) is 12.0 Å². The van der Waals surface area contributed by atoms with Gasteiger partial charge in [-0.25, -0.2) is 9.59 Å². The summed E-state index contributed by atoms with van der Waals surface area (Å²) in [5, 5.41) is 0. The standard InChI is InChI=1S/C11H16O5/c1-14-9(12)11(10(13)15-2)7-5-3-4-6-8(7)16-11/h7-8H,3-6H2,1-2H3. The molecule has 1 heterocycles. The Kier molecular flexibility index (Phi) is 2.88. The number of methoxy groups -OCH3 is 2. The number of esters is 2. The Morgan fingerprint density at radius 1 is 1.12 bits per heavy atom. The minimum atomic E-state index is -1.49. The summed E-state index contributed by atoms with van der Waals surface area (Å²) < 4.78 is 14.8. The number of hydrogen-bond donors (Lipinski definition) is 0. The largest absolute Gasteiger partial charge is 0.466 e. The van der Waals surface area contributed by atoms with Crippen molar-refractivity contribution in [2.24, 2.45) is 5.92 Å². The van der Waals surface area contributed by atoms with E-state index in [4.69, 9.17) is 4.74 Å². The summed E-state index contributed by atoms with van der Waals surface area (Å²) in [5.74, 6) is -1.36. The van der Waals surface area contributed by atoms with Gasteiger partial charge in [0, 0.05) is 5.92 Å². The zero-order valence-electron chi connectivity index (χ0n) is 9.52. The molecule has 0 amide bonds. The fourth-order valence-corrected chi connectivity index (χ4v) is 2.74. The Balaban J connectivity index is 2.23. The van der Waals surface area contributed by atoms with Crippen molar-refractivity contribution in [2.45, 2.75) is 37.4 Å². The van der Waals surface area contributed by atoms with Crippen LogP contribution in [0.25, 0.3) is 0 Å². The summed E-state index contributed by atoms with van der Waals surface area (Å²) in [7, 11) is 2.51. The molecule has 16 heavy (non-hydrogen) atoms. The highest BCUT2D eigenvalue weighted by atomic mass is 16.6. The second-order valence-corrected chi connectivity index (χ2v) is 4.27. The van der Waals surface area contributed by atoms with Crippen molar-refractivity contribution in [3.8, 4) is 0 Å². The highest BCUT2D eigenvalue weighted by molar-refractivity contribution is 6.05. The van der Waals surface area contributed by atoms with E-state index in [0.717, 1.165) is 25.7 Å². The molecule has 1 saturated heterocycles. The highest BCUT2D eigenvalue weighted by Gasteiger charge is 2.67. The molecule has 5 nitrogen and oxygen atoms in total. The second kappa shape index (κ2) is 4.05. The minimum absolute atomic E-state index is 0.00644. The summed E-state index contributed by atoms with van der Waals surface area (Å²) in [6, 6.07) is 0. The van der Waals surface area contributed by atoms with Gasteiger partial charge < -0.3 is 14.2 Å². The van der Waals surface area contributed by atoms with Crippen LogP contribution in [0.15, 0.2) is 0 Å². The van der Waals surface area contributed by atoms with Gasteiger partial charge >= 0.3 is 11.9 Å². The first-order chi connectivity index (χ1) is 7.66. The molecular formula is C11H16O5. The van der Waals surface area contributed by atoms with E-state index in [1.54, 1.807) is 0 Å². The molecule has 1 saturated carbocycles. The van der Waals surface area contributed by atoms with Gasteiger partial charge in [-0.2, -0.15) is 0 Å². The first kappa shape index (κ1) is 11.4. The molecule has 2 fully saturated rings. The fraction of sp³-hybridized carbons (Fsp3) is 0.818. The third kappa shape index (κ3) is 1.34. The number of hydrogen-bond acceptors (Lipinski definition) is 5. The Labute approximate surface area is 94.0 Å². The molecule has 90 valence electrons. The number of rotatable bonds is 2. The fourth-order valence-electron chi connectivity index (χ4n) is 2.74. The molecule has 5 heteroatoms. The van der Waals surface area contributed by atoms with E-state index in [2.05, 4.69) is 9.47 Å². The molecule has 0 aromatic rings. The van der Waals surface area contributed by atoms with E-state index in [9.17, 15) is 9.59 Å². The maximum Gasteiger partial charge on any atom is 0.350 e. The number of carbonyl (C=O) groups is 2. The van der Waals surface area contributed by atoms with Crippen LogP contribution in [0, 0.1) is 5.92 Å². The molecule has 0 N–H and O–H groups in total. The third-order valence-corrected chi connectivity index (χ3v) is 3.54. The summed E-state index contributed by atoms with van der Waals surface area (Å²) >= 11 is 0. The molecule has 1 aliphatic carbocycles. The molecule has 0 bridgehead atoms. The van der Waals surface area contributed by atoms with Crippen molar-refractivity contribution in [3.05, 3.63) is 0 Å². The Morgan fingerprint density at radius 3 is 2.19 bits per heavy atom. The first-order valence-corrected chi connectivity index (χ1v) is 5.51. The van der Waals surface area contributed by atoms with Crippen molar-refractivity contribution in [1.29, 1.82) is 0 Å². The lowest BCUT2D eigenvalue weighted by atomic mass is 9.69. The van der Waals surface area contributed by atoms with E-state index in [0.29, 0.717) is 0 Å². The van der Waals surface area contributed by atoms with E-state index in [1.165, 1.54) is 14.2 Å². The number of ether oxygens (including phenoxy) is 3. The number of fused-ring (bicyclic) bond motifs is 1. The van der Waals surface area contributed by atoms with Crippen LogP contribution in [-0.2, 0) is 23.8 Å². The van der Waals surface area contributed by atoms with Gasteiger partial charge in [0.2, 0.25) is 0 Å². The van der Waals surface area contributed by atoms with Crippen LogP contribution in [0.1, 0.15) is 25.7 Å². The lowest BCUT2D eigenvalue weighted by Gasteiger charge is -2.52. The van der Waals surface area contributed by atoms with Crippen molar-refractivity contribution in [2.75, 3.05) is 14.2 Å². The molecule has 0 radical (unpaired) electrons. The summed E-state index contributed by atoms with van der Waals surface area (Å²) in [6.07, 6.45) is 3.82. The molecule has 0 aromatic carbocycles. The van der Waals surface area contributed by atoms with Crippen molar-refractivity contribution in [1.82, 2.24) is 0 Å². The minimum Gasteiger partial charge on any atom is -0.466 e. The van der Waals surface area contributed by atoms with Crippen molar-refractivity contribution < 1.29 is 23.8 Å². The highest BCUT2D eigenvalue weighted by Crippen LogP contribution is 2.48. The summed E-state index contributed by atoms with van der Waals surface area (Å²) in [5.41, 5.74) is -1.49. The molecule has 2 aliphatic rings. The molecule has 2 rings (SSSR count). The maximum absolute atomic E-state index is 11.7. The average molecular weight is 228 g/mol. The third-order valence-electron chi connectivity index (χ3n) is 3.54. The molecule has 1 aliphatic heterocycles. The van der Waals surface area contributed by atoms with Crippen LogP contribution >= 0.6 is 0 Å². The van der Waals surface area contributed by atoms with Gasteiger partial charge in [0.15, 0.2) is 0 Å². The molecule has 2 unspecified atom stereocenters. The molecule has 2 atom stereocenters. The van der Waals surface area contributed by atoms with E-state index in [1.807, 2.05) is 0 Å². The predicted molar refractivity (Wildman–Crippen MR) is 53.6 cm³/mol. The molecule has 0 spiro atoms. The Morgan fingerprint density at radius 2 is 1.69 bits per heavy atom. The first-order valence-electron chi connectivity index (χ1n) is 5.51. The SMILES string of the molecule is COC(=O)C1(C(=O)OC)OC2CCCCC21. The zero-order chi connectivity index (χ0) is 11.8. The van der Waals surface area contributed by atoms with Gasteiger partial charge in [-0.3, -0.25) is 0 Å².